The maximum absolute atomic E-state index is 14.0. The summed E-state index contributed by atoms with van der Waals surface area (Å²) >= 11 is 0. The molecule has 1 N–H and O–H groups in total. The number of aryl methyl sites for hydroxylation is 1. The van der Waals surface area contributed by atoms with Crippen molar-refractivity contribution in [1.82, 2.24) is 4.90 Å². The van der Waals surface area contributed by atoms with Crippen LogP contribution in [0, 0.1) is 17.8 Å². The van der Waals surface area contributed by atoms with E-state index in [-0.39, 0.29) is 34.9 Å². The first kappa shape index (κ1) is 32.5. The summed E-state index contributed by atoms with van der Waals surface area (Å²) in [6.07, 6.45) is 3.12. The van der Waals surface area contributed by atoms with E-state index >= 15 is 0 Å². The highest BCUT2D eigenvalue weighted by molar-refractivity contribution is 6.06. The van der Waals surface area contributed by atoms with Crippen LogP contribution in [0.2, 0.25) is 0 Å². The lowest BCUT2D eigenvalue weighted by Gasteiger charge is -2.49. The van der Waals surface area contributed by atoms with Gasteiger partial charge in [-0.3, -0.25) is 14.4 Å². The van der Waals surface area contributed by atoms with Crippen molar-refractivity contribution in [3.05, 3.63) is 76.1 Å². The second-order valence-corrected chi connectivity index (χ2v) is 14.2. The van der Waals surface area contributed by atoms with E-state index < -0.39 is 5.92 Å². The van der Waals surface area contributed by atoms with Crippen LogP contribution in [-0.4, -0.2) is 56.4 Å². The number of ketones is 2. The normalized spacial score (nSPS) is 19.3. The number of hydrogen-bond acceptors (Lipinski definition) is 7. The molecule has 45 heavy (non-hydrogen) atoms. The minimum atomic E-state index is -0.492. The first-order valence-electron chi connectivity index (χ1n) is 15.8. The fraction of sp³-hybridized carbons (Fsp3) is 0.486. The molecule has 0 atom stereocenters. The van der Waals surface area contributed by atoms with E-state index in [2.05, 4.69) is 37.9 Å². The van der Waals surface area contributed by atoms with Gasteiger partial charge >= 0.3 is 0 Å². The summed E-state index contributed by atoms with van der Waals surface area (Å²) in [5, 5.41) is 2.86. The molecule has 2 aromatic rings. The van der Waals surface area contributed by atoms with E-state index in [4.69, 9.17) is 14.2 Å². The molecule has 3 aliphatic rings. The third-order valence-corrected chi connectivity index (χ3v) is 8.93. The summed E-state index contributed by atoms with van der Waals surface area (Å²) in [5.74, 6) is 0.234. The molecule has 0 saturated carbocycles. The third kappa shape index (κ3) is 7.01. The molecule has 0 radical (unpaired) electrons. The average molecular weight is 615 g/mol. The van der Waals surface area contributed by atoms with Gasteiger partial charge in [0.1, 0.15) is 0 Å². The van der Waals surface area contributed by atoms with Crippen LogP contribution < -0.4 is 14.8 Å². The third-order valence-electron chi connectivity index (χ3n) is 8.93. The van der Waals surface area contributed by atoms with Crippen LogP contribution in [0.25, 0.3) is 0 Å². The highest BCUT2D eigenvalue weighted by atomic mass is 16.5. The van der Waals surface area contributed by atoms with Crippen molar-refractivity contribution in [3.63, 3.8) is 0 Å². The highest BCUT2D eigenvalue weighted by Crippen LogP contribution is 2.55. The highest BCUT2D eigenvalue weighted by Gasteiger charge is 2.49. The van der Waals surface area contributed by atoms with E-state index in [0.717, 1.165) is 41.8 Å². The Morgan fingerprint density at radius 3 is 2.11 bits per heavy atom. The summed E-state index contributed by atoms with van der Waals surface area (Å²) in [5.41, 5.74) is 5.64. The minimum Gasteiger partial charge on any atom is -0.493 e. The lowest BCUT2D eigenvalue weighted by atomic mass is 9.63. The fourth-order valence-corrected chi connectivity index (χ4v) is 7.06. The van der Waals surface area contributed by atoms with Crippen molar-refractivity contribution in [2.24, 2.45) is 10.8 Å². The van der Waals surface area contributed by atoms with Gasteiger partial charge in [-0.25, -0.2) is 0 Å². The number of ether oxygens (including phenoxy) is 3. The number of nitrogens with one attached hydrogen (secondary N) is 1. The Balaban J connectivity index is 1.52. The largest absolute Gasteiger partial charge is 0.493 e. The van der Waals surface area contributed by atoms with Crippen molar-refractivity contribution in [2.45, 2.75) is 72.6 Å². The molecule has 0 spiro atoms. The smallest absolute Gasteiger partial charge is 0.262 e. The Morgan fingerprint density at radius 2 is 1.53 bits per heavy atom. The van der Waals surface area contributed by atoms with E-state index in [9.17, 15) is 14.4 Å². The molecule has 1 heterocycles. The number of methoxy groups -OCH3 is 2. The second-order valence-electron chi connectivity index (χ2n) is 14.2. The summed E-state index contributed by atoms with van der Waals surface area (Å²) in [4.78, 5) is 43.0. The maximum atomic E-state index is 14.0. The molecule has 1 amide bonds. The first-order valence-corrected chi connectivity index (χ1v) is 15.8. The minimum absolute atomic E-state index is 0.0827. The SMILES string of the molecule is COCCCN1C2=C(C(=O)CC(C)(C)C2)C(c2ccc(OCC(=O)Nc3cccc(C)c3)c(OC)c2)C2=C1CC(C)(C)CC2=O. The Bertz CT molecular complexity index is 1510. The maximum Gasteiger partial charge on any atom is 0.262 e. The molecule has 0 bridgehead atoms. The van der Waals surface area contributed by atoms with Gasteiger partial charge in [0.05, 0.1) is 7.11 Å². The molecule has 0 unspecified atom stereocenters. The number of rotatable bonds is 10. The van der Waals surface area contributed by atoms with Crippen molar-refractivity contribution in [2.75, 3.05) is 39.3 Å². The van der Waals surface area contributed by atoms with Crippen LogP contribution in [0.15, 0.2) is 65.0 Å². The number of carbonyl (C=O) groups is 3. The second kappa shape index (κ2) is 12.8. The van der Waals surface area contributed by atoms with Crippen molar-refractivity contribution in [3.8, 4) is 11.5 Å². The number of Topliss-reactive ketones (excluding diaryl/α,β-unsaturated/α-hetero) is 2. The quantitative estimate of drug-likeness (QED) is 0.296. The van der Waals surface area contributed by atoms with Gasteiger partial charge in [0.25, 0.3) is 5.91 Å². The van der Waals surface area contributed by atoms with Crippen LogP contribution in [0.4, 0.5) is 5.69 Å². The molecule has 2 aromatic carbocycles. The molecule has 0 aromatic heterocycles. The van der Waals surface area contributed by atoms with E-state index in [0.29, 0.717) is 54.3 Å². The first-order chi connectivity index (χ1) is 21.3. The van der Waals surface area contributed by atoms with E-state index in [1.54, 1.807) is 20.3 Å². The van der Waals surface area contributed by atoms with Gasteiger partial charge in [-0.05, 0) is 72.4 Å². The average Bonchev–Trinajstić information content (AvgIpc) is 2.95. The number of anilines is 1. The van der Waals surface area contributed by atoms with E-state index in [1.165, 1.54) is 0 Å². The fourth-order valence-electron chi connectivity index (χ4n) is 7.06. The van der Waals surface area contributed by atoms with Gasteiger partial charge in [0.15, 0.2) is 29.7 Å². The Kier molecular flexibility index (Phi) is 9.26. The number of allylic oxidation sites excluding steroid dienone is 4. The molecule has 0 fully saturated rings. The van der Waals surface area contributed by atoms with Gasteiger partial charge in [0.2, 0.25) is 0 Å². The van der Waals surface area contributed by atoms with Gasteiger partial charge in [-0.2, -0.15) is 0 Å². The summed E-state index contributed by atoms with van der Waals surface area (Å²) in [6.45, 7) is 11.6. The van der Waals surface area contributed by atoms with Crippen LogP contribution >= 0.6 is 0 Å². The Labute approximate surface area is 266 Å². The van der Waals surface area contributed by atoms with Gasteiger partial charge < -0.3 is 24.4 Å². The lowest BCUT2D eigenvalue weighted by Crippen LogP contribution is -2.44. The van der Waals surface area contributed by atoms with Crippen molar-refractivity contribution in [1.29, 1.82) is 0 Å². The molecule has 8 heteroatoms. The van der Waals surface area contributed by atoms with Crippen LogP contribution in [0.5, 0.6) is 11.5 Å². The zero-order chi connectivity index (χ0) is 32.5. The zero-order valence-electron chi connectivity index (χ0n) is 27.7. The molecule has 2 aliphatic carbocycles. The molecule has 240 valence electrons. The number of carbonyl (C=O) groups excluding carboxylic acids is 3. The molecule has 8 nitrogen and oxygen atoms in total. The Morgan fingerprint density at radius 1 is 0.889 bits per heavy atom. The van der Waals surface area contributed by atoms with Crippen LogP contribution in [0.1, 0.15) is 76.8 Å². The zero-order valence-corrected chi connectivity index (χ0v) is 27.7. The van der Waals surface area contributed by atoms with Gasteiger partial charge in [-0.15, -0.1) is 0 Å². The monoisotopic (exact) mass is 614 g/mol. The lowest BCUT2D eigenvalue weighted by molar-refractivity contribution is -0.120. The summed E-state index contributed by atoms with van der Waals surface area (Å²) in [6, 6.07) is 13.1. The van der Waals surface area contributed by atoms with Crippen LogP contribution in [-0.2, 0) is 19.1 Å². The number of hydrogen-bond donors (Lipinski definition) is 1. The number of benzene rings is 2. The summed E-state index contributed by atoms with van der Waals surface area (Å²) in [7, 11) is 3.24. The van der Waals surface area contributed by atoms with E-state index in [1.807, 2.05) is 43.3 Å². The predicted octanol–water partition coefficient (Wildman–Crippen LogP) is 6.74. The topological polar surface area (TPSA) is 94.2 Å². The molecule has 1 aliphatic heterocycles. The molecule has 5 rings (SSSR count). The summed E-state index contributed by atoms with van der Waals surface area (Å²) < 4.78 is 17.0. The van der Waals surface area contributed by atoms with Gasteiger partial charge in [-0.1, -0.05) is 45.9 Å². The number of amides is 1. The van der Waals surface area contributed by atoms with Crippen LogP contribution in [0.3, 0.4) is 0 Å². The Hall–Kier alpha value is -3.91. The van der Waals surface area contributed by atoms with Gasteiger partial charge in [0, 0.05) is 67.2 Å². The molecular formula is C37H46N2O6. The van der Waals surface area contributed by atoms with Crippen molar-refractivity contribution < 1.29 is 28.6 Å². The standard InChI is InChI=1S/C37H46N2O6/c1-23-10-8-11-25(16-23)38-32(42)22-45-30-13-12-24(17-31(30)44-7)33-34-26(18-36(2,3)20-28(34)40)39(14-9-15-43-6)27-19-37(4,5)21-29(41)35(27)33/h8,10-13,16-17,33H,9,14-15,18-22H2,1-7H3,(H,38,42). The predicted molar refractivity (Wildman–Crippen MR) is 174 cm³/mol. The molecular weight excluding hydrogens is 568 g/mol. The number of nitrogens with zero attached hydrogens (tertiary/aromatic N) is 1. The molecule has 0 saturated heterocycles. The van der Waals surface area contributed by atoms with Crippen molar-refractivity contribution >= 4 is 23.2 Å².